The number of halogens is 3. The van der Waals surface area contributed by atoms with Crippen LogP contribution in [0, 0.1) is 0 Å². The fourth-order valence-corrected chi connectivity index (χ4v) is 6.87. The van der Waals surface area contributed by atoms with Crippen LogP contribution < -0.4 is 10.6 Å². The van der Waals surface area contributed by atoms with Crippen LogP contribution in [-0.4, -0.2) is 37.8 Å². The lowest BCUT2D eigenvalue weighted by Gasteiger charge is -2.31. The average Bonchev–Trinajstić information content (AvgIpc) is 3.37. The third kappa shape index (κ3) is 6.52. The molecule has 0 bridgehead atoms. The van der Waals surface area contributed by atoms with Gasteiger partial charge in [0.2, 0.25) is 0 Å². The lowest BCUT2D eigenvalue weighted by atomic mass is 10.1. The van der Waals surface area contributed by atoms with Crippen LogP contribution in [0.5, 0.6) is 0 Å². The van der Waals surface area contributed by atoms with Gasteiger partial charge in [-0.1, -0.05) is 30.3 Å². The topological polar surface area (TPSA) is 78.5 Å². The van der Waals surface area contributed by atoms with Gasteiger partial charge in [-0.3, -0.25) is 4.79 Å². The minimum absolute atomic E-state index is 0.0749. The Morgan fingerprint density at radius 1 is 0.944 bits per heavy atom. The van der Waals surface area contributed by atoms with Gasteiger partial charge in [-0.15, -0.1) is 11.3 Å². The standard InChI is InChI=1S/C25H26F3N3O3S2/c26-25(27,28)20-8-6-18(7-9-20)16-29-21-12-14-31(15-13-21)36(33,34)23-11-10-22(35-23)17-30-24(32)19-4-2-1-3-5-19/h1-11,21,29H,12-17H2,(H,30,32). The quantitative estimate of drug-likeness (QED) is 0.439. The number of amides is 1. The number of carbonyl (C=O) groups excluding carboxylic acids is 1. The Hall–Kier alpha value is -2.73. The van der Waals surface area contributed by atoms with Crippen LogP contribution in [0.2, 0.25) is 0 Å². The van der Waals surface area contributed by atoms with Crippen LogP contribution in [0.25, 0.3) is 0 Å². The number of sulfonamides is 1. The van der Waals surface area contributed by atoms with Gasteiger partial charge in [0.1, 0.15) is 4.21 Å². The molecule has 1 saturated heterocycles. The van der Waals surface area contributed by atoms with E-state index in [9.17, 15) is 26.4 Å². The molecule has 1 aromatic heterocycles. The lowest BCUT2D eigenvalue weighted by molar-refractivity contribution is -0.137. The second kappa shape index (κ2) is 11.1. The molecular formula is C25H26F3N3O3S2. The molecule has 0 aliphatic carbocycles. The van der Waals surface area contributed by atoms with E-state index in [1.54, 1.807) is 36.4 Å². The van der Waals surface area contributed by atoms with Crippen LogP contribution in [0.4, 0.5) is 13.2 Å². The van der Waals surface area contributed by atoms with E-state index in [4.69, 9.17) is 0 Å². The molecule has 1 amide bonds. The Labute approximate surface area is 212 Å². The van der Waals surface area contributed by atoms with E-state index in [-0.39, 0.29) is 22.7 Å². The van der Waals surface area contributed by atoms with E-state index in [0.29, 0.717) is 38.0 Å². The third-order valence-corrected chi connectivity index (χ3v) is 9.47. The molecule has 36 heavy (non-hydrogen) atoms. The van der Waals surface area contributed by atoms with Crippen LogP contribution in [0.15, 0.2) is 70.9 Å². The Morgan fingerprint density at radius 3 is 2.25 bits per heavy atom. The highest BCUT2D eigenvalue weighted by molar-refractivity contribution is 7.91. The smallest absolute Gasteiger partial charge is 0.347 e. The monoisotopic (exact) mass is 537 g/mol. The molecule has 0 atom stereocenters. The van der Waals surface area contributed by atoms with E-state index >= 15 is 0 Å². The van der Waals surface area contributed by atoms with Crippen molar-refractivity contribution in [2.24, 2.45) is 0 Å². The first-order valence-electron chi connectivity index (χ1n) is 11.4. The summed E-state index contributed by atoms with van der Waals surface area (Å²) in [6, 6.07) is 17.2. The van der Waals surface area contributed by atoms with E-state index in [1.807, 2.05) is 6.07 Å². The summed E-state index contributed by atoms with van der Waals surface area (Å²) in [5.74, 6) is -0.223. The zero-order valence-corrected chi connectivity index (χ0v) is 20.9. The second-order valence-corrected chi connectivity index (χ2v) is 11.9. The summed E-state index contributed by atoms with van der Waals surface area (Å²) in [5.41, 5.74) is 0.597. The van der Waals surface area contributed by atoms with Crippen molar-refractivity contribution < 1.29 is 26.4 Å². The Kier molecular flexibility index (Phi) is 8.13. The summed E-state index contributed by atoms with van der Waals surface area (Å²) in [7, 11) is -3.64. The molecule has 11 heteroatoms. The number of thiophene rings is 1. The first-order chi connectivity index (χ1) is 17.1. The molecule has 2 heterocycles. The number of piperidine rings is 1. The summed E-state index contributed by atoms with van der Waals surface area (Å²) in [4.78, 5) is 13.0. The highest BCUT2D eigenvalue weighted by Gasteiger charge is 2.31. The van der Waals surface area contributed by atoms with Gasteiger partial charge in [0, 0.05) is 36.1 Å². The van der Waals surface area contributed by atoms with Crippen molar-refractivity contribution in [1.29, 1.82) is 0 Å². The maximum Gasteiger partial charge on any atom is 0.416 e. The van der Waals surface area contributed by atoms with Crippen molar-refractivity contribution in [2.75, 3.05) is 13.1 Å². The van der Waals surface area contributed by atoms with Crippen molar-refractivity contribution in [2.45, 2.75) is 42.4 Å². The van der Waals surface area contributed by atoms with Crippen molar-refractivity contribution in [3.8, 4) is 0 Å². The SMILES string of the molecule is O=C(NCc1ccc(S(=O)(=O)N2CCC(NCc3ccc(C(F)(F)F)cc3)CC2)s1)c1ccccc1. The number of carbonyl (C=O) groups is 1. The predicted octanol–water partition coefficient (Wildman–Crippen LogP) is 4.64. The van der Waals surface area contributed by atoms with Gasteiger partial charge in [0.05, 0.1) is 12.1 Å². The van der Waals surface area contributed by atoms with Gasteiger partial charge in [0.15, 0.2) is 0 Å². The molecule has 2 N–H and O–H groups in total. The van der Waals surface area contributed by atoms with Crippen LogP contribution in [0.1, 0.15) is 39.2 Å². The van der Waals surface area contributed by atoms with Gasteiger partial charge in [-0.2, -0.15) is 17.5 Å². The Bertz CT molecular complexity index is 1270. The molecule has 6 nitrogen and oxygen atoms in total. The Balaban J connectivity index is 1.26. The van der Waals surface area contributed by atoms with Gasteiger partial charge >= 0.3 is 6.18 Å². The number of benzene rings is 2. The van der Waals surface area contributed by atoms with Gasteiger partial charge < -0.3 is 10.6 Å². The van der Waals surface area contributed by atoms with Gasteiger partial charge in [-0.25, -0.2) is 8.42 Å². The molecule has 2 aromatic carbocycles. The summed E-state index contributed by atoms with van der Waals surface area (Å²) in [6.45, 7) is 1.36. The van der Waals surface area contributed by atoms with Gasteiger partial charge in [0.25, 0.3) is 15.9 Å². The second-order valence-electron chi connectivity index (χ2n) is 8.52. The minimum atomic E-state index is -4.36. The maximum absolute atomic E-state index is 13.1. The molecule has 0 saturated carbocycles. The summed E-state index contributed by atoms with van der Waals surface area (Å²) in [6.07, 6.45) is -3.15. The molecule has 0 spiro atoms. The Morgan fingerprint density at radius 2 is 1.61 bits per heavy atom. The molecule has 0 unspecified atom stereocenters. The highest BCUT2D eigenvalue weighted by Crippen LogP contribution is 2.29. The normalized spacial score (nSPS) is 15.6. The first kappa shape index (κ1) is 26.3. The van der Waals surface area contributed by atoms with Crippen LogP contribution in [-0.2, 0) is 29.3 Å². The van der Waals surface area contributed by atoms with Crippen molar-refractivity contribution in [3.05, 3.63) is 88.3 Å². The zero-order valence-electron chi connectivity index (χ0n) is 19.3. The molecule has 1 aliphatic rings. The molecule has 192 valence electrons. The first-order valence-corrected chi connectivity index (χ1v) is 13.7. The van der Waals surface area contributed by atoms with E-state index in [2.05, 4.69) is 10.6 Å². The van der Waals surface area contributed by atoms with Crippen LogP contribution in [0.3, 0.4) is 0 Å². The number of rotatable bonds is 8. The molecule has 1 aliphatic heterocycles. The lowest BCUT2D eigenvalue weighted by Crippen LogP contribution is -2.44. The van der Waals surface area contributed by atoms with E-state index in [0.717, 1.165) is 33.9 Å². The molecule has 1 fully saturated rings. The van der Waals surface area contributed by atoms with E-state index in [1.165, 1.54) is 16.4 Å². The number of hydrogen-bond acceptors (Lipinski definition) is 5. The van der Waals surface area contributed by atoms with Crippen LogP contribution >= 0.6 is 11.3 Å². The number of hydrogen-bond donors (Lipinski definition) is 2. The highest BCUT2D eigenvalue weighted by atomic mass is 32.2. The zero-order chi connectivity index (χ0) is 25.8. The molecule has 4 rings (SSSR count). The number of alkyl halides is 3. The maximum atomic E-state index is 13.1. The predicted molar refractivity (Wildman–Crippen MR) is 132 cm³/mol. The molecule has 3 aromatic rings. The third-order valence-electron chi connectivity index (χ3n) is 6.02. The summed E-state index contributed by atoms with van der Waals surface area (Å²) < 4.78 is 66.0. The molecular weight excluding hydrogens is 511 g/mol. The number of nitrogens with one attached hydrogen (secondary N) is 2. The minimum Gasteiger partial charge on any atom is -0.347 e. The number of nitrogens with zero attached hydrogens (tertiary/aromatic N) is 1. The van der Waals surface area contributed by atoms with Crippen molar-refractivity contribution in [3.63, 3.8) is 0 Å². The fraction of sp³-hybridized carbons (Fsp3) is 0.320. The summed E-state index contributed by atoms with van der Waals surface area (Å²) in [5, 5.41) is 6.11. The largest absolute Gasteiger partial charge is 0.416 e. The fourth-order valence-electron chi connectivity index (χ4n) is 3.95. The van der Waals surface area contributed by atoms with Crippen molar-refractivity contribution >= 4 is 27.3 Å². The van der Waals surface area contributed by atoms with E-state index < -0.39 is 21.8 Å². The average molecular weight is 538 g/mol. The molecule has 0 radical (unpaired) electrons. The van der Waals surface area contributed by atoms with Crippen molar-refractivity contribution in [1.82, 2.24) is 14.9 Å². The summed E-state index contributed by atoms with van der Waals surface area (Å²) >= 11 is 1.14. The van der Waals surface area contributed by atoms with Gasteiger partial charge in [-0.05, 0) is 54.8 Å².